The van der Waals surface area contributed by atoms with Crippen molar-refractivity contribution in [1.82, 2.24) is 0 Å². The van der Waals surface area contributed by atoms with Gasteiger partial charge in [0.2, 0.25) is 0 Å². The van der Waals surface area contributed by atoms with Gasteiger partial charge in [0.25, 0.3) is 30.4 Å². The molecule has 9 N–H and O–H groups in total. The summed E-state index contributed by atoms with van der Waals surface area (Å²) in [6.45, 7) is 14.0. The quantitative estimate of drug-likeness (QED) is 0.167. The van der Waals surface area contributed by atoms with E-state index in [1.807, 2.05) is 0 Å². The van der Waals surface area contributed by atoms with Crippen molar-refractivity contribution in [2.24, 2.45) is 52.7 Å². The molecule has 3 unspecified atom stereocenters. The van der Waals surface area contributed by atoms with Crippen molar-refractivity contribution >= 4 is 30.4 Å². The first kappa shape index (κ1) is 52.0. The summed E-state index contributed by atoms with van der Waals surface area (Å²) in [7, 11) is -11.0. The van der Waals surface area contributed by atoms with E-state index in [9.17, 15) is 25.3 Å². The van der Waals surface area contributed by atoms with Gasteiger partial charge in [-0.25, -0.2) is 0 Å². The molecule has 15 heteroatoms. The average Bonchev–Trinajstić information content (AvgIpc) is 2.95. The third-order valence-electron chi connectivity index (χ3n) is 9.80. The van der Waals surface area contributed by atoms with Gasteiger partial charge in [-0.3, -0.25) is 13.7 Å². The SMILES string of the molecule is CCC(C)C1CCC(N)CC1.CCC(C)C1CCC(N)CC1.CCC(C)C1CCC(N)CC1.CS(=O)(=O)O.CS(=O)(=O)O.CS(=O)(=O)O. The molecule has 0 aromatic rings. The van der Waals surface area contributed by atoms with Gasteiger partial charge in [0.15, 0.2) is 0 Å². The van der Waals surface area contributed by atoms with E-state index in [0.29, 0.717) is 36.9 Å². The Kier molecular flexibility index (Phi) is 29.5. The molecule has 0 saturated heterocycles. The van der Waals surface area contributed by atoms with Crippen LogP contribution >= 0.6 is 0 Å². The standard InChI is InChI=1S/3C10H21N.3CH4O3S/c3*1-3-8(2)9-4-6-10(11)7-5-9;3*1-5(2,3)4/h3*8-10H,3-7,11H2,1-2H3;3*1H3,(H,2,3,4). The van der Waals surface area contributed by atoms with Crippen LogP contribution in [-0.2, 0) is 30.4 Å². The first-order chi connectivity index (χ1) is 21.7. The third-order valence-corrected chi connectivity index (χ3v) is 9.80. The van der Waals surface area contributed by atoms with Crippen LogP contribution in [0.25, 0.3) is 0 Å². The van der Waals surface area contributed by atoms with Crippen LogP contribution in [0.3, 0.4) is 0 Å². The van der Waals surface area contributed by atoms with Gasteiger partial charge in [0, 0.05) is 18.1 Å². The van der Waals surface area contributed by atoms with Crippen LogP contribution in [0, 0.1) is 35.5 Å². The predicted octanol–water partition coefficient (Wildman–Crippen LogP) is 6.16. The van der Waals surface area contributed by atoms with E-state index < -0.39 is 30.4 Å². The minimum Gasteiger partial charge on any atom is -0.328 e. The number of hydrogen-bond acceptors (Lipinski definition) is 9. The summed E-state index contributed by atoms with van der Waals surface area (Å²) in [4.78, 5) is 0. The highest BCUT2D eigenvalue weighted by Crippen LogP contribution is 2.32. The van der Waals surface area contributed by atoms with Crippen LogP contribution in [0.15, 0.2) is 0 Å². The van der Waals surface area contributed by atoms with Gasteiger partial charge in [-0.2, -0.15) is 25.3 Å². The second-order valence-electron chi connectivity index (χ2n) is 14.4. The Morgan fingerprint density at radius 1 is 0.438 bits per heavy atom. The topological polar surface area (TPSA) is 241 Å². The molecular weight excluding hydrogens is 679 g/mol. The first-order valence-electron chi connectivity index (χ1n) is 17.7. The lowest BCUT2D eigenvalue weighted by Gasteiger charge is -2.30. The largest absolute Gasteiger partial charge is 0.328 e. The minimum absolute atomic E-state index is 0.510. The molecule has 0 spiro atoms. The van der Waals surface area contributed by atoms with Gasteiger partial charge in [-0.1, -0.05) is 60.8 Å². The Labute approximate surface area is 295 Å². The Morgan fingerprint density at radius 2 is 0.562 bits per heavy atom. The van der Waals surface area contributed by atoms with E-state index >= 15 is 0 Å². The van der Waals surface area contributed by atoms with Gasteiger partial charge >= 0.3 is 0 Å². The highest BCUT2D eigenvalue weighted by molar-refractivity contribution is 7.85. The smallest absolute Gasteiger partial charge is 0.261 e. The van der Waals surface area contributed by atoms with Gasteiger partial charge in [0.05, 0.1) is 18.8 Å². The fourth-order valence-corrected chi connectivity index (χ4v) is 6.14. The van der Waals surface area contributed by atoms with E-state index in [2.05, 4.69) is 41.5 Å². The van der Waals surface area contributed by atoms with Crippen molar-refractivity contribution in [3.8, 4) is 0 Å². The summed E-state index contributed by atoms with van der Waals surface area (Å²) < 4.78 is 77.6. The molecule has 3 aliphatic rings. The second-order valence-corrected chi connectivity index (χ2v) is 18.8. The second kappa shape index (κ2) is 27.3. The van der Waals surface area contributed by atoms with Crippen molar-refractivity contribution in [2.45, 2.75) is 156 Å². The van der Waals surface area contributed by atoms with Gasteiger partial charge in [0.1, 0.15) is 0 Å². The maximum Gasteiger partial charge on any atom is 0.261 e. The van der Waals surface area contributed by atoms with Crippen molar-refractivity contribution in [3.63, 3.8) is 0 Å². The zero-order valence-corrected chi connectivity index (χ0v) is 34.0. The maximum absolute atomic E-state index is 9.19. The van der Waals surface area contributed by atoms with Crippen LogP contribution in [0.4, 0.5) is 0 Å². The molecule has 0 bridgehead atoms. The number of nitrogens with two attached hydrogens (primary N) is 3. The fraction of sp³-hybridized carbons (Fsp3) is 1.00. The lowest BCUT2D eigenvalue weighted by atomic mass is 9.78. The zero-order valence-electron chi connectivity index (χ0n) is 31.6. The average molecular weight is 754 g/mol. The normalized spacial score (nSPS) is 27.8. The Morgan fingerprint density at radius 3 is 0.667 bits per heavy atom. The van der Waals surface area contributed by atoms with Crippen molar-refractivity contribution in [3.05, 3.63) is 0 Å². The third kappa shape index (κ3) is 40.0. The molecule has 0 amide bonds. The van der Waals surface area contributed by atoms with Crippen LogP contribution in [0.5, 0.6) is 0 Å². The maximum atomic E-state index is 9.19. The monoisotopic (exact) mass is 753 g/mol. The Hall–Kier alpha value is -0.390. The van der Waals surface area contributed by atoms with E-state index in [1.165, 1.54) is 96.3 Å². The van der Waals surface area contributed by atoms with E-state index in [0.717, 1.165) is 35.5 Å². The highest BCUT2D eigenvalue weighted by atomic mass is 32.2. The number of hydrogen-bond donors (Lipinski definition) is 6. The molecule has 0 aliphatic heterocycles. The number of rotatable bonds is 6. The van der Waals surface area contributed by atoms with Gasteiger partial charge < -0.3 is 17.2 Å². The molecule has 48 heavy (non-hydrogen) atoms. The molecule has 3 saturated carbocycles. The van der Waals surface area contributed by atoms with Gasteiger partial charge in [-0.05, 0) is 113 Å². The molecule has 0 aromatic heterocycles. The zero-order chi connectivity index (χ0) is 38.3. The minimum atomic E-state index is -3.67. The molecule has 0 heterocycles. The highest BCUT2D eigenvalue weighted by Gasteiger charge is 2.23. The van der Waals surface area contributed by atoms with Crippen LogP contribution in [-0.4, -0.2) is 75.8 Å². The summed E-state index contributed by atoms with van der Waals surface area (Å²) in [5.74, 6) is 5.67. The Bertz CT molecular complexity index is 921. The molecule has 12 nitrogen and oxygen atoms in total. The molecule has 0 radical (unpaired) electrons. The van der Waals surface area contributed by atoms with Gasteiger partial charge in [-0.15, -0.1) is 0 Å². The molecule has 3 rings (SSSR count). The summed E-state index contributed by atoms with van der Waals surface area (Å²) in [6.07, 6.45) is 21.9. The predicted molar refractivity (Wildman–Crippen MR) is 201 cm³/mol. The van der Waals surface area contributed by atoms with Crippen molar-refractivity contribution in [1.29, 1.82) is 0 Å². The first-order valence-corrected chi connectivity index (χ1v) is 23.3. The van der Waals surface area contributed by atoms with E-state index in [1.54, 1.807) is 0 Å². The summed E-state index contributed by atoms with van der Waals surface area (Å²) in [5.41, 5.74) is 17.5. The molecule has 0 aromatic carbocycles. The fourth-order valence-electron chi connectivity index (χ4n) is 6.14. The van der Waals surface area contributed by atoms with E-state index in [4.69, 9.17) is 30.9 Å². The molecule has 294 valence electrons. The molecular formula is C33H75N3O9S3. The van der Waals surface area contributed by atoms with Crippen molar-refractivity contribution in [2.75, 3.05) is 18.8 Å². The summed E-state index contributed by atoms with van der Waals surface area (Å²) in [6, 6.07) is 1.53. The lowest BCUT2D eigenvalue weighted by Crippen LogP contribution is -2.28. The van der Waals surface area contributed by atoms with Crippen LogP contribution in [0.1, 0.15) is 138 Å². The molecule has 3 aliphatic carbocycles. The van der Waals surface area contributed by atoms with Crippen LogP contribution < -0.4 is 17.2 Å². The van der Waals surface area contributed by atoms with Crippen LogP contribution in [0.2, 0.25) is 0 Å². The van der Waals surface area contributed by atoms with Crippen molar-refractivity contribution < 1.29 is 38.9 Å². The van der Waals surface area contributed by atoms with E-state index in [-0.39, 0.29) is 0 Å². The Balaban J connectivity index is -0.000000527. The molecule has 3 atom stereocenters. The molecule has 3 fully saturated rings. The summed E-state index contributed by atoms with van der Waals surface area (Å²) in [5, 5.41) is 0. The lowest BCUT2D eigenvalue weighted by molar-refractivity contribution is 0.241. The summed E-state index contributed by atoms with van der Waals surface area (Å²) >= 11 is 0.